The fourth-order valence-electron chi connectivity index (χ4n) is 3.75. The quantitative estimate of drug-likeness (QED) is 0.310. The van der Waals surface area contributed by atoms with Crippen LogP contribution in [0.25, 0.3) is 11.0 Å². The molecule has 0 saturated heterocycles. The molecule has 156 valence electrons. The Morgan fingerprint density at radius 2 is 2.17 bits per heavy atom. The minimum Gasteiger partial charge on any atom is -0.461 e. The molecule has 1 unspecified atom stereocenters. The van der Waals surface area contributed by atoms with Gasteiger partial charge in [0.15, 0.2) is 5.96 Å². The smallest absolute Gasteiger partial charge is 0.191 e. The van der Waals surface area contributed by atoms with Gasteiger partial charge in [-0.05, 0) is 44.4 Å². The van der Waals surface area contributed by atoms with Crippen LogP contribution in [-0.2, 0) is 19.3 Å². The number of halogens is 1. The van der Waals surface area contributed by atoms with E-state index in [0.29, 0.717) is 12.1 Å². The lowest BCUT2D eigenvalue weighted by molar-refractivity contribution is 0.498. The van der Waals surface area contributed by atoms with E-state index in [9.17, 15) is 0 Å². The Balaban J connectivity index is 0.00000240. The van der Waals surface area contributed by atoms with Crippen molar-refractivity contribution in [3.63, 3.8) is 0 Å². The fourth-order valence-corrected chi connectivity index (χ4v) is 3.75. The topological polar surface area (TPSA) is 67.4 Å². The van der Waals surface area contributed by atoms with Crippen LogP contribution in [0.3, 0.4) is 0 Å². The standard InChI is InChI=1S/C22H29N5O.HI/c1-15(2)27-14-17-8-9-18(13-20(17)26-27)25-22(23-3)24-11-10-19-12-16-6-4-5-7-21(16)28-19;/h4-7,12,14-15,18H,8-11,13H2,1-3H3,(H2,23,24,25);1H. The van der Waals surface area contributed by atoms with Gasteiger partial charge in [-0.2, -0.15) is 5.10 Å². The van der Waals surface area contributed by atoms with Crippen molar-refractivity contribution in [3.05, 3.63) is 53.5 Å². The molecule has 6 nitrogen and oxygen atoms in total. The van der Waals surface area contributed by atoms with Gasteiger partial charge in [-0.15, -0.1) is 24.0 Å². The summed E-state index contributed by atoms with van der Waals surface area (Å²) in [7, 11) is 1.82. The molecule has 1 atom stereocenters. The zero-order chi connectivity index (χ0) is 19.5. The van der Waals surface area contributed by atoms with E-state index >= 15 is 0 Å². The van der Waals surface area contributed by atoms with Crippen molar-refractivity contribution < 1.29 is 4.42 Å². The highest BCUT2D eigenvalue weighted by Gasteiger charge is 2.23. The van der Waals surface area contributed by atoms with Crippen LogP contribution in [-0.4, -0.2) is 35.4 Å². The Kier molecular flexibility index (Phi) is 7.21. The predicted octanol–water partition coefficient (Wildman–Crippen LogP) is 4.09. The van der Waals surface area contributed by atoms with Crippen molar-refractivity contribution in [2.24, 2.45) is 4.99 Å². The van der Waals surface area contributed by atoms with E-state index in [2.05, 4.69) is 52.5 Å². The second-order valence-corrected chi connectivity index (χ2v) is 7.76. The molecule has 1 aliphatic carbocycles. The molecule has 4 rings (SSSR count). The summed E-state index contributed by atoms with van der Waals surface area (Å²) in [5.74, 6) is 1.83. The highest BCUT2D eigenvalue weighted by Crippen LogP contribution is 2.22. The number of benzene rings is 1. The molecule has 0 aliphatic heterocycles. The fraction of sp³-hybridized carbons (Fsp3) is 0.455. The maximum absolute atomic E-state index is 5.88. The molecule has 0 fully saturated rings. The minimum atomic E-state index is 0. The molecule has 2 aromatic heterocycles. The third kappa shape index (κ3) is 5.12. The molecule has 0 amide bonds. The zero-order valence-corrected chi connectivity index (χ0v) is 19.6. The Morgan fingerprint density at radius 1 is 1.34 bits per heavy atom. The van der Waals surface area contributed by atoms with Gasteiger partial charge in [0.1, 0.15) is 11.3 Å². The van der Waals surface area contributed by atoms with E-state index in [1.54, 1.807) is 0 Å². The number of aliphatic imine (C=N–C) groups is 1. The number of para-hydroxylation sites is 1. The highest BCUT2D eigenvalue weighted by molar-refractivity contribution is 14.0. The molecule has 7 heteroatoms. The Labute approximate surface area is 189 Å². The molecule has 0 radical (unpaired) electrons. The number of hydrogen-bond donors (Lipinski definition) is 2. The number of furan rings is 1. The lowest BCUT2D eigenvalue weighted by Crippen LogP contribution is -2.46. The van der Waals surface area contributed by atoms with Crippen LogP contribution in [0.2, 0.25) is 0 Å². The van der Waals surface area contributed by atoms with Gasteiger partial charge >= 0.3 is 0 Å². The predicted molar refractivity (Wildman–Crippen MR) is 128 cm³/mol. The van der Waals surface area contributed by atoms with Gasteiger partial charge in [0.2, 0.25) is 0 Å². The van der Waals surface area contributed by atoms with E-state index in [1.165, 1.54) is 11.3 Å². The molecule has 29 heavy (non-hydrogen) atoms. The maximum atomic E-state index is 5.88. The second kappa shape index (κ2) is 9.65. The number of rotatable bonds is 5. The lowest BCUT2D eigenvalue weighted by Gasteiger charge is -2.24. The van der Waals surface area contributed by atoms with Crippen LogP contribution in [0.15, 0.2) is 45.9 Å². The van der Waals surface area contributed by atoms with Gasteiger partial charge in [-0.25, -0.2) is 0 Å². The van der Waals surface area contributed by atoms with Crippen LogP contribution >= 0.6 is 24.0 Å². The molecule has 0 saturated carbocycles. The molecule has 1 aliphatic rings. The van der Waals surface area contributed by atoms with Gasteiger partial charge in [0.25, 0.3) is 0 Å². The van der Waals surface area contributed by atoms with Crippen molar-refractivity contribution in [3.8, 4) is 0 Å². The first kappa shape index (κ1) is 21.7. The van der Waals surface area contributed by atoms with Gasteiger partial charge in [0.05, 0.1) is 5.69 Å². The molecule has 0 bridgehead atoms. The maximum Gasteiger partial charge on any atom is 0.191 e. The molecule has 2 heterocycles. The van der Waals surface area contributed by atoms with Crippen LogP contribution in [0.1, 0.15) is 43.3 Å². The Morgan fingerprint density at radius 3 is 2.93 bits per heavy atom. The van der Waals surface area contributed by atoms with Gasteiger partial charge in [0, 0.05) is 50.1 Å². The normalized spacial score (nSPS) is 16.6. The van der Waals surface area contributed by atoms with Crippen LogP contribution < -0.4 is 10.6 Å². The summed E-state index contributed by atoms with van der Waals surface area (Å²) in [6.45, 7) is 5.11. The summed E-state index contributed by atoms with van der Waals surface area (Å²) in [6, 6.07) is 11.0. The second-order valence-electron chi connectivity index (χ2n) is 7.76. The summed E-state index contributed by atoms with van der Waals surface area (Å²) in [5, 5.41) is 12.9. The van der Waals surface area contributed by atoms with E-state index in [-0.39, 0.29) is 24.0 Å². The van der Waals surface area contributed by atoms with Crippen LogP contribution in [0.4, 0.5) is 0 Å². The van der Waals surface area contributed by atoms with Crippen molar-refractivity contribution in [1.29, 1.82) is 0 Å². The van der Waals surface area contributed by atoms with E-state index in [4.69, 9.17) is 9.52 Å². The largest absolute Gasteiger partial charge is 0.461 e. The summed E-state index contributed by atoms with van der Waals surface area (Å²) in [5.41, 5.74) is 3.55. The molecule has 1 aromatic carbocycles. The van der Waals surface area contributed by atoms with Crippen molar-refractivity contribution in [1.82, 2.24) is 20.4 Å². The number of nitrogens with one attached hydrogen (secondary N) is 2. The van der Waals surface area contributed by atoms with Crippen molar-refractivity contribution in [2.75, 3.05) is 13.6 Å². The molecule has 2 N–H and O–H groups in total. The first-order valence-electron chi connectivity index (χ1n) is 10.1. The molecule has 3 aromatic rings. The first-order valence-corrected chi connectivity index (χ1v) is 10.1. The minimum absolute atomic E-state index is 0. The summed E-state index contributed by atoms with van der Waals surface area (Å²) >= 11 is 0. The highest BCUT2D eigenvalue weighted by atomic mass is 127. The van der Waals surface area contributed by atoms with E-state index < -0.39 is 0 Å². The zero-order valence-electron chi connectivity index (χ0n) is 17.3. The van der Waals surface area contributed by atoms with Crippen molar-refractivity contribution >= 4 is 40.9 Å². The number of fused-ring (bicyclic) bond motifs is 2. The Hall–Kier alpha value is -2.03. The number of aromatic nitrogens is 2. The van der Waals surface area contributed by atoms with Crippen molar-refractivity contribution in [2.45, 2.75) is 51.6 Å². The van der Waals surface area contributed by atoms with Gasteiger partial charge in [-0.3, -0.25) is 9.67 Å². The lowest BCUT2D eigenvalue weighted by atomic mass is 9.94. The molecular formula is C22H30IN5O. The van der Waals surface area contributed by atoms with Gasteiger partial charge < -0.3 is 15.1 Å². The van der Waals surface area contributed by atoms with E-state index in [0.717, 1.165) is 54.9 Å². The monoisotopic (exact) mass is 507 g/mol. The summed E-state index contributed by atoms with van der Waals surface area (Å²) < 4.78 is 7.96. The molecular weight excluding hydrogens is 477 g/mol. The number of hydrogen-bond acceptors (Lipinski definition) is 3. The third-order valence-electron chi connectivity index (χ3n) is 5.33. The van der Waals surface area contributed by atoms with Crippen LogP contribution in [0.5, 0.6) is 0 Å². The SMILES string of the molecule is CN=C(NCCc1cc2ccccc2o1)NC1CCc2cn(C(C)C)nc2C1.I. The Bertz CT molecular complexity index is 942. The summed E-state index contributed by atoms with van der Waals surface area (Å²) in [6.07, 6.45) is 6.13. The third-order valence-corrected chi connectivity index (χ3v) is 5.33. The average molecular weight is 507 g/mol. The van der Waals surface area contributed by atoms with Crippen LogP contribution in [0, 0.1) is 0 Å². The average Bonchev–Trinajstić information content (AvgIpc) is 3.30. The summed E-state index contributed by atoms with van der Waals surface area (Å²) in [4.78, 5) is 4.38. The first-order chi connectivity index (χ1) is 13.6. The van der Waals surface area contributed by atoms with E-state index in [1.807, 2.05) is 25.2 Å². The number of aryl methyl sites for hydroxylation is 1. The number of nitrogens with zero attached hydrogens (tertiary/aromatic N) is 3. The number of guanidine groups is 1. The van der Waals surface area contributed by atoms with Gasteiger partial charge in [-0.1, -0.05) is 18.2 Å². The molecule has 0 spiro atoms.